The van der Waals surface area contributed by atoms with Crippen molar-refractivity contribution in [2.75, 3.05) is 20.2 Å². The maximum Gasteiger partial charge on any atom is 0.417 e. The lowest BCUT2D eigenvalue weighted by molar-refractivity contribution is -0.190. The average Bonchev–Trinajstić information content (AvgIpc) is 3.03. The first-order valence-corrected chi connectivity index (χ1v) is 7.44. The average molecular weight is 304 g/mol. The predicted octanol–water partition coefficient (Wildman–Crippen LogP) is 1.60. The Morgan fingerprint density at radius 2 is 2.09 bits per heavy atom. The number of benzene rings is 1. The normalized spacial score (nSPS) is 28.9. The number of cyclic esters (lactones) is 1. The van der Waals surface area contributed by atoms with Crippen LogP contribution in [0.4, 0.5) is 4.79 Å². The van der Waals surface area contributed by atoms with Crippen molar-refractivity contribution in [3.8, 4) is 0 Å². The highest BCUT2D eigenvalue weighted by Crippen LogP contribution is 2.30. The van der Waals surface area contributed by atoms with E-state index < -0.39 is 11.7 Å². The molecule has 2 atom stereocenters. The van der Waals surface area contributed by atoms with Crippen LogP contribution in [-0.4, -0.2) is 53.8 Å². The molecule has 1 aromatic rings. The smallest absolute Gasteiger partial charge is 0.417 e. The fraction of sp³-hybridized carbons (Fsp3) is 0.500. The van der Waals surface area contributed by atoms with Crippen LogP contribution in [0, 0.1) is 0 Å². The predicted molar refractivity (Wildman–Crippen MR) is 78.9 cm³/mol. The first kappa shape index (κ1) is 15.0. The summed E-state index contributed by atoms with van der Waals surface area (Å²) in [4.78, 5) is 31.6. The zero-order valence-electron chi connectivity index (χ0n) is 12.8. The minimum Gasteiger partial charge on any atom is -0.447 e. The van der Waals surface area contributed by atoms with E-state index in [0.29, 0.717) is 19.4 Å². The summed E-state index contributed by atoms with van der Waals surface area (Å²) in [6.07, 6.45) is 0.569. The molecule has 2 aliphatic heterocycles. The molecule has 2 aliphatic rings. The van der Waals surface area contributed by atoms with E-state index in [4.69, 9.17) is 9.57 Å². The molecule has 6 nitrogen and oxygen atoms in total. The molecule has 0 radical (unpaired) electrons. The van der Waals surface area contributed by atoms with Crippen LogP contribution in [0.25, 0.3) is 0 Å². The number of hydrogen-bond donors (Lipinski definition) is 0. The Kier molecular flexibility index (Phi) is 3.88. The Hall–Kier alpha value is -1.92. The third-order valence-electron chi connectivity index (χ3n) is 4.21. The summed E-state index contributed by atoms with van der Waals surface area (Å²) in [6, 6.07) is 9.49. The molecule has 2 saturated heterocycles. The molecule has 0 aliphatic carbocycles. The number of nitrogens with zero attached hydrogens (tertiary/aromatic N) is 2. The number of carbonyl (C=O) groups excluding carboxylic acids is 2. The van der Waals surface area contributed by atoms with Crippen LogP contribution >= 0.6 is 0 Å². The van der Waals surface area contributed by atoms with Gasteiger partial charge in [0.2, 0.25) is 0 Å². The largest absolute Gasteiger partial charge is 0.447 e. The molecule has 1 aromatic carbocycles. The second-order valence-electron chi connectivity index (χ2n) is 6.02. The minimum absolute atomic E-state index is 0.228. The van der Waals surface area contributed by atoms with Gasteiger partial charge in [-0.1, -0.05) is 30.3 Å². The van der Waals surface area contributed by atoms with Crippen LogP contribution in [0.2, 0.25) is 0 Å². The number of imide groups is 1. The van der Waals surface area contributed by atoms with E-state index in [9.17, 15) is 9.59 Å². The second-order valence-corrected chi connectivity index (χ2v) is 6.02. The van der Waals surface area contributed by atoms with Gasteiger partial charge in [0, 0.05) is 20.0 Å². The van der Waals surface area contributed by atoms with Crippen LogP contribution in [0.15, 0.2) is 30.3 Å². The maximum atomic E-state index is 12.8. The van der Waals surface area contributed by atoms with Crippen LogP contribution in [-0.2, 0) is 20.8 Å². The van der Waals surface area contributed by atoms with Crippen molar-refractivity contribution in [2.24, 2.45) is 0 Å². The molecule has 0 aromatic heterocycles. The molecule has 22 heavy (non-hydrogen) atoms. The Morgan fingerprint density at radius 3 is 2.73 bits per heavy atom. The summed E-state index contributed by atoms with van der Waals surface area (Å²) >= 11 is 0. The number of hydrogen-bond acceptors (Lipinski definition) is 5. The highest BCUT2D eigenvalue weighted by molar-refractivity contribution is 5.98. The van der Waals surface area contributed by atoms with E-state index in [1.54, 1.807) is 19.0 Å². The third-order valence-corrected chi connectivity index (χ3v) is 4.21. The molecule has 0 bridgehead atoms. The van der Waals surface area contributed by atoms with Crippen molar-refractivity contribution in [3.63, 3.8) is 0 Å². The van der Waals surface area contributed by atoms with E-state index >= 15 is 0 Å². The van der Waals surface area contributed by atoms with Gasteiger partial charge in [0.15, 0.2) is 5.60 Å². The SMILES string of the molecule is CN1CCC(C)(C(=O)N2C(=O)OC[C@@H]2Cc2ccccc2)O1. The van der Waals surface area contributed by atoms with E-state index in [-0.39, 0.29) is 18.6 Å². The van der Waals surface area contributed by atoms with Crippen molar-refractivity contribution >= 4 is 12.0 Å². The quantitative estimate of drug-likeness (QED) is 0.849. The minimum atomic E-state index is -0.993. The fourth-order valence-electron chi connectivity index (χ4n) is 2.95. The van der Waals surface area contributed by atoms with E-state index in [1.807, 2.05) is 30.3 Å². The van der Waals surface area contributed by atoms with Crippen LogP contribution in [0.1, 0.15) is 18.9 Å². The van der Waals surface area contributed by atoms with Crippen molar-refractivity contribution < 1.29 is 19.2 Å². The molecule has 0 N–H and O–H groups in total. The molecule has 6 heteroatoms. The van der Waals surface area contributed by atoms with Crippen molar-refractivity contribution in [1.29, 1.82) is 0 Å². The topological polar surface area (TPSA) is 59.1 Å². The summed E-state index contributed by atoms with van der Waals surface area (Å²) in [5.41, 5.74) is 0.0748. The molecule has 2 fully saturated rings. The molecule has 3 rings (SSSR count). The number of carbonyl (C=O) groups is 2. The molecule has 1 unspecified atom stereocenters. The second kappa shape index (κ2) is 5.70. The van der Waals surface area contributed by atoms with Crippen molar-refractivity contribution in [1.82, 2.24) is 9.96 Å². The molecule has 0 saturated carbocycles. The standard InChI is InChI=1S/C16H20N2O4/c1-16(8-9-17(2)22-16)14(19)18-13(11-21-15(18)20)10-12-6-4-3-5-7-12/h3-7,13H,8-11H2,1-2H3/t13-,16?/m0/s1. The number of ether oxygens (including phenoxy) is 1. The van der Waals surface area contributed by atoms with Gasteiger partial charge in [-0.3, -0.25) is 9.63 Å². The van der Waals surface area contributed by atoms with Gasteiger partial charge in [0.1, 0.15) is 6.61 Å². The number of rotatable bonds is 3. The Labute approximate surface area is 129 Å². The monoisotopic (exact) mass is 304 g/mol. The van der Waals surface area contributed by atoms with Gasteiger partial charge < -0.3 is 4.74 Å². The van der Waals surface area contributed by atoms with Crippen molar-refractivity contribution in [2.45, 2.75) is 31.4 Å². The first-order chi connectivity index (χ1) is 10.5. The van der Waals surface area contributed by atoms with Gasteiger partial charge in [-0.05, 0) is 18.9 Å². The molecule has 0 spiro atoms. The van der Waals surface area contributed by atoms with E-state index in [2.05, 4.69) is 0 Å². The Morgan fingerprint density at radius 1 is 1.36 bits per heavy atom. The lowest BCUT2D eigenvalue weighted by atomic mass is 9.99. The van der Waals surface area contributed by atoms with Gasteiger partial charge in [-0.2, -0.15) is 5.06 Å². The molecule has 2 amide bonds. The van der Waals surface area contributed by atoms with E-state index in [0.717, 1.165) is 5.56 Å². The third kappa shape index (κ3) is 2.71. The summed E-state index contributed by atoms with van der Waals surface area (Å²) in [5, 5.41) is 1.63. The Balaban J connectivity index is 1.78. The number of hydroxylamine groups is 2. The van der Waals surface area contributed by atoms with Gasteiger partial charge in [-0.15, -0.1) is 0 Å². The number of amides is 2. The van der Waals surface area contributed by atoms with Gasteiger partial charge in [-0.25, -0.2) is 9.69 Å². The van der Waals surface area contributed by atoms with Gasteiger partial charge in [0.05, 0.1) is 6.04 Å². The zero-order chi connectivity index (χ0) is 15.7. The van der Waals surface area contributed by atoms with Crippen molar-refractivity contribution in [3.05, 3.63) is 35.9 Å². The summed E-state index contributed by atoms with van der Waals surface area (Å²) in [6.45, 7) is 2.61. The van der Waals surface area contributed by atoms with Crippen LogP contribution in [0.5, 0.6) is 0 Å². The summed E-state index contributed by atoms with van der Waals surface area (Å²) in [5.74, 6) is -0.319. The Bertz CT molecular complexity index is 577. The summed E-state index contributed by atoms with van der Waals surface area (Å²) < 4.78 is 5.10. The van der Waals surface area contributed by atoms with Crippen LogP contribution < -0.4 is 0 Å². The molecular weight excluding hydrogens is 284 g/mol. The molecular formula is C16H20N2O4. The van der Waals surface area contributed by atoms with Crippen LogP contribution in [0.3, 0.4) is 0 Å². The summed E-state index contributed by atoms with van der Waals surface area (Å²) in [7, 11) is 1.78. The molecule has 2 heterocycles. The highest BCUT2D eigenvalue weighted by Gasteiger charge is 2.49. The molecule has 118 valence electrons. The van der Waals surface area contributed by atoms with E-state index in [1.165, 1.54) is 4.90 Å². The van der Waals surface area contributed by atoms with Gasteiger partial charge in [0.25, 0.3) is 5.91 Å². The van der Waals surface area contributed by atoms with Gasteiger partial charge >= 0.3 is 6.09 Å². The lowest BCUT2D eigenvalue weighted by Crippen LogP contribution is -2.51. The highest BCUT2D eigenvalue weighted by atomic mass is 16.7. The fourth-order valence-corrected chi connectivity index (χ4v) is 2.95. The zero-order valence-corrected chi connectivity index (χ0v) is 12.8. The lowest BCUT2D eigenvalue weighted by Gasteiger charge is -2.28. The first-order valence-electron chi connectivity index (χ1n) is 7.44. The maximum absolute atomic E-state index is 12.8.